The maximum atomic E-state index is 8.99. The van der Waals surface area contributed by atoms with Crippen LogP contribution in [-0.4, -0.2) is 9.97 Å². The zero-order valence-electron chi connectivity index (χ0n) is 10.5. The number of aromatic nitrogens is 2. The van der Waals surface area contributed by atoms with Crippen LogP contribution in [-0.2, 0) is 0 Å². The Bertz CT molecular complexity index is 815. The standard InChI is InChI=1S/C15H11N5/c16-8-11-5-7-19-15(14(11)17)20-13-3-1-2-10-4-6-18-9-12(10)13/h1-7,9H,17H2,(H,19,20). The highest BCUT2D eigenvalue weighted by Gasteiger charge is 2.08. The van der Waals surface area contributed by atoms with Crippen molar-refractivity contribution in [3.05, 3.63) is 54.5 Å². The van der Waals surface area contributed by atoms with Crippen LogP contribution in [0.4, 0.5) is 17.2 Å². The van der Waals surface area contributed by atoms with Crippen LogP contribution in [0.15, 0.2) is 48.9 Å². The summed E-state index contributed by atoms with van der Waals surface area (Å²) in [5.41, 5.74) is 7.52. The molecule has 0 saturated heterocycles. The van der Waals surface area contributed by atoms with Crippen molar-refractivity contribution < 1.29 is 0 Å². The lowest BCUT2D eigenvalue weighted by atomic mass is 10.1. The molecule has 1 aromatic carbocycles. The molecule has 5 nitrogen and oxygen atoms in total. The predicted octanol–water partition coefficient (Wildman–Crippen LogP) is 2.83. The number of pyridine rings is 2. The summed E-state index contributed by atoms with van der Waals surface area (Å²) in [6.07, 6.45) is 5.08. The van der Waals surface area contributed by atoms with Gasteiger partial charge in [-0.25, -0.2) is 4.98 Å². The second kappa shape index (κ2) is 4.86. The molecule has 0 atom stereocenters. The first kappa shape index (κ1) is 11.9. The molecule has 3 aromatic rings. The average molecular weight is 261 g/mol. The van der Waals surface area contributed by atoms with Crippen molar-refractivity contribution in [3.63, 3.8) is 0 Å². The van der Waals surface area contributed by atoms with Crippen molar-refractivity contribution in [2.24, 2.45) is 0 Å². The fraction of sp³-hybridized carbons (Fsp3) is 0. The molecule has 0 saturated carbocycles. The Morgan fingerprint density at radius 2 is 2.05 bits per heavy atom. The summed E-state index contributed by atoms with van der Waals surface area (Å²) < 4.78 is 0. The lowest BCUT2D eigenvalue weighted by molar-refractivity contribution is 1.30. The minimum atomic E-state index is 0.343. The van der Waals surface area contributed by atoms with E-state index >= 15 is 0 Å². The van der Waals surface area contributed by atoms with Gasteiger partial charge in [0.1, 0.15) is 6.07 Å². The van der Waals surface area contributed by atoms with Crippen LogP contribution < -0.4 is 11.1 Å². The Balaban J connectivity index is 2.09. The predicted molar refractivity (Wildman–Crippen MR) is 78.4 cm³/mol. The highest BCUT2D eigenvalue weighted by molar-refractivity contribution is 5.95. The fourth-order valence-corrected chi connectivity index (χ4v) is 2.02. The fourth-order valence-electron chi connectivity index (χ4n) is 2.02. The Kier molecular flexibility index (Phi) is 2.90. The summed E-state index contributed by atoms with van der Waals surface area (Å²) in [7, 11) is 0. The molecular formula is C15H11N5. The second-order valence-corrected chi connectivity index (χ2v) is 4.26. The molecular weight excluding hydrogens is 250 g/mol. The van der Waals surface area contributed by atoms with Gasteiger partial charge < -0.3 is 11.1 Å². The van der Waals surface area contributed by atoms with Crippen LogP contribution in [0, 0.1) is 11.3 Å². The number of nitrogens with zero attached hydrogens (tertiary/aromatic N) is 3. The SMILES string of the molecule is N#Cc1ccnc(Nc2cccc3ccncc23)c1N. The third kappa shape index (κ3) is 1.99. The molecule has 3 N–H and O–H groups in total. The molecule has 96 valence electrons. The molecule has 20 heavy (non-hydrogen) atoms. The van der Waals surface area contributed by atoms with E-state index < -0.39 is 0 Å². The number of rotatable bonds is 2. The molecule has 2 heterocycles. The average Bonchev–Trinajstić information content (AvgIpc) is 2.50. The van der Waals surface area contributed by atoms with E-state index in [4.69, 9.17) is 11.0 Å². The lowest BCUT2D eigenvalue weighted by Gasteiger charge is -2.11. The molecule has 0 aliphatic carbocycles. The Labute approximate surface area is 115 Å². The van der Waals surface area contributed by atoms with E-state index in [-0.39, 0.29) is 0 Å². The molecule has 5 heteroatoms. The Hall–Kier alpha value is -3.13. The monoisotopic (exact) mass is 261 g/mol. The van der Waals surface area contributed by atoms with Gasteiger partial charge in [-0.15, -0.1) is 0 Å². The molecule has 2 aromatic heterocycles. The van der Waals surface area contributed by atoms with E-state index in [1.54, 1.807) is 24.7 Å². The van der Waals surface area contributed by atoms with E-state index in [0.717, 1.165) is 16.5 Å². The highest BCUT2D eigenvalue weighted by Crippen LogP contribution is 2.28. The van der Waals surface area contributed by atoms with Crippen LogP contribution in [0.1, 0.15) is 5.56 Å². The third-order valence-electron chi connectivity index (χ3n) is 3.05. The second-order valence-electron chi connectivity index (χ2n) is 4.26. The van der Waals surface area contributed by atoms with Crippen molar-refractivity contribution in [1.82, 2.24) is 9.97 Å². The number of nitriles is 1. The van der Waals surface area contributed by atoms with Gasteiger partial charge in [-0.05, 0) is 23.6 Å². The lowest BCUT2D eigenvalue weighted by Crippen LogP contribution is -2.01. The van der Waals surface area contributed by atoms with E-state index in [1.807, 2.05) is 30.3 Å². The topological polar surface area (TPSA) is 87.6 Å². The summed E-state index contributed by atoms with van der Waals surface area (Å²) in [5, 5.41) is 14.2. The molecule has 0 unspecified atom stereocenters. The first-order chi connectivity index (χ1) is 9.79. The van der Waals surface area contributed by atoms with E-state index in [1.165, 1.54) is 0 Å². The number of nitrogens with one attached hydrogen (secondary N) is 1. The van der Waals surface area contributed by atoms with Crippen LogP contribution in [0.5, 0.6) is 0 Å². The number of anilines is 3. The first-order valence-corrected chi connectivity index (χ1v) is 6.04. The minimum Gasteiger partial charge on any atom is -0.395 e. The van der Waals surface area contributed by atoms with Crippen molar-refractivity contribution in [2.75, 3.05) is 11.1 Å². The van der Waals surface area contributed by atoms with Crippen LogP contribution in [0.2, 0.25) is 0 Å². The van der Waals surface area contributed by atoms with Gasteiger partial charge >= 0.3 is 0 Å². The normalized spacial score (nSPS) is 10.2. The van der Waals surface area contributed by atoms with Gasteiger partial charge in [0.15, 0.2) is 5.82 Å². The van der Waals surface area contributed by atoms with Gasteiger partial charge in [0, 0.05) is 29.7 Å². The van der Waals surface area contributed by atoms with Crippen LogP contribution in [0.25, 0.3) is 10.8 Å². The molecule has 0 fully saturated rings. The van der Waals surface area contributed by atoms with Crippen molar-refractivity contribution in [1.29, 1.82) is 5.26 Å². The zero-order chi connectivity index (χ0) is 13.9. The van der Waals surface area contributed by atoms with Gasteiger partial charge in [0.2, 0.25) is 0 Å². The van der Waals surface area contributed by atoms with Gasteiger partial charge in [-0.3, -0.25) is 4.98 Å². The molecule has 0 amide bonds. The number of nitrogen functional groups attached to an aromatic ring is 1. The van der Waals surface area contributed by atoms with E-state index in [2.05, 4.69) is 15.3 Å². The largest absolute Gasteiger partial charge is 0.395 e. The zero-order valence-corrected chi connectivity index (χ0v) is 10.5. The summed E-state index contributed by atoms with van der Waals surface area (Å²) in [6, 6.07) is 11.4. The van der Waals surface area contributed by atoms with Gasteiger partial charge in [0.05, 0.1) is 11.3 Å². The molecule has 0 bridgehead atoms. The number of hydrogen-bond acceptors (Lipinski definition) is 5. The molecule has 0 spiro atoms. The van der Waals surface area contributed by atoms with Crippen molar-refractivity contribution in [3.8, 4) is 6.07 Å². The molecule has 0 radical (unpaired) electrons. The van der Waals surface area contributed by atoms with Crippen molar-refractivity contribution >= 4 is 28.0 Å². The summed E-state index contributed by atoms with van der Waals surface area (Å²) >= 11 is 0. The van der Waals surface area contributed by atoms with E-state index in [9.17, 15) is 0 Å². The van der Waals surface area contributed by atoms with Crippen LogP contribution in [0.3, 0.4) is 0 Å². The first-order valence-electron chi connectivity index (χ1n) is 6.04. The molecule has 0 aliphatic heterocycles. The Morgan fingerprint density at radius 3 is 2.90 bits per heavy atom. The van der Waals surface area contributed by atoms with Crippen molar-refractivity contribution in [2.45, 2.75) is 0 Å². The van der Waals surface area contributed by atoms with Gasteiger partial charge in [-0.2, -0.15) is 5.26 Å². The quantitative estimate of drug-likeness (QED) is 0.740. The molecule has 0 aliphatic rings. The van der Waals surface area contributed by atoms with Crippen LogP contribution >= 0.6 is 0 Å². The third-order valence-corrected chi connectivity index (χ3v) is 3.05. The smallest absolute Gasteiger partial charge is 0.154 e. The Morgan fingerprint density at radius 1 is 1.15 bits per heavy atom. The maximum absolute atomic E-state index is 8.99. The number of hydrogen-bond donors (Lipinski definition) is 2. The van der Waals surface area contributed by atoms with E-state index in [0.29, 0.717) is 17.1 Å². The minimum absolute atomic E-state index is 0.343. The summed E-state index contributed by atoms with van der Waals surface area (Å²) in [4.78, 5) is 8.31. The summed E-state index contributed by atoms with van der Waals surface area (Å²) in [6.45, 7) is 0. The summed E-state index contributed by atoms with van der Waals surface area (Å²) in [5.74, 6) is 0.473. The molecule has 3 rings (SSSR count). The number of nitrogens with two attached hydrogens (primary N) is 1. The number of benzene rings is 1. The maximum Gasteiger partial charge on any atom is 0.154 e. The van der Waals surface area contributed by atoms with Gasteiger partial charge in [0.25, 0.3) is 0 Å². The number of fused-ring (bicyclic) bond motifs is 1. The van der Waals surface area contributed by atoms with Gasteiger partial charge in [-0.1, -0.05) is 12.1 Å². The highest BCUT2D eigenvalue weighted by atomic mass is 15.0.